The molecule has 4 N–H and O–H groups in total. The molecule has 4 rings (SSSR count). The fourth-order valence-electron chi connectivity index (χ4n) is 4.00. The van der Waals surface area contributed by atoms with Gasteiger partial charge in [0.05, 0.1) is 22.5 Å². The largest absolute Gasteiger partial charge is 0.388 e. The molecule has 1 aliphatic carbocycles. The summed E-state index contributed by atoms with van der Waals surface area (Å²) in [6.07, 6.45) is 7.64. The van der Waals surface area contributed by atoms with Crippen LogP contribution in [0, 0.1) is 11.3 Å². The van der Waals surface area contributed by atoms with Gasteiger partial charge in [-0.15, -0.1) is 0 Å². The van der Waals surface area contributed by atoms with Crippen molar-refractivity contribution in [1.82, 2.24) is 29.2 Å². The van der Waals surface area contributed by atoms with E-state index >= 15 is 0 Å². The highest BCUT2D eigenvalue weighted by atomic mass is 32.2. The van der Waals surface area contributed by atoms with E-state index in [1.54, 1.807) is 12.3 Å². The van der Waals surface area contributed by atoms with Crippen LogP contribution in [0.2, 0.25) is 0 Å². The number of nitrogens with one attached hydrogen (secondary N) is 3. The number of hydrogen-bond acceptors (Lipinski definition) is 9. The summed E-state index contributed by atoms with van der Waals surface area (Å²) in [5.74, 6) is 2.23. The Hall–Kier alpha value is -3.38. The van der Waals surface area contributed by atoms with Crippen LogP contribution in [0.3, 0.4) is 0 Å². The van der Waals surface area contributed by atoms with Crippen molar-refractivity contribution in [2.75, 3.05) is 5.32 Å². The van der Waals surface area contributed by atoms with Gasteiger partial charge in [0.25, 0.3) is 0 Å². The number of aliphatic hydroxyl groups is 1. The van der Waals surface area contributed by atoms with Crippen molar-refractivity contribution in [2.24, 2.45) is 5.92 Å². The van der Waals surface area contributed by atoms with Gasteiger partial charge in [0.2, 0.25) is 10.0 Å². The topological polar surface area (TPSA) is 159 Å². The fraction of sp³-hybridized carbons (Fsp3) is 0.435. The minimum atomic E-state index is -3.44. The summed E-state index contributed by atoms with van der Waals surface area (Å²) in [4.78, 5) is 17.5. The summed E-state index contributed by atoms with van der Waals surface area (Å²) in [7, 11) is -3.44. The SMILES string of the molecule is CC(C)CC(C)n1c(CO)nc2cnc(Nc3ccnc(/C(C=N)=C/NS(=O)(=O)C4CC4)n3)cc21. The molecule has 0 bridgehead atoms. The zero-order chi connectivity index (χ0) is 25.2. The highest BCUT2D eigenvalue weighted by molar-refractivity contribution is 7.90. The first-order chi connectivity index (χ1) is 16.7. The molecule has 1 unspecified atom stereocenters. The van der Waals surface area contributed by atoms with Gasteiger partial charge in [-0.1, -0.05) is 13.8 Å². The van der Waals surface area contributed by atoms with Gasteiger partial charge in [0.1, 0.15) is 29.6 Å². The molecule has 3 aromatic heterocycles. The molecule has 3 aromatic rings. The van der Waals surface area contributed by atoms with Crippen LogP contribution >= 0.6 is 0 Å². The van der Waals surface area contributed by atoms with Gasteiger partial charge < -0.3 is 20.4 Å². The Morgan fingerprint density at radius 2 is 2.03 bits per heavy atom. The Labute approximate surface area is 204 Å². The zero-order valence-corrected chi connectivity index (χ0v) is 20.7. The number of imidazole rings is 1. The van der Waals surface area contributed by atoms with Crippen LogP contribution in [0.25, 0.3) is 16.6 Å². The molecule has 1 atom stereocenters. The predicted molar refractivity (Wildman–Crippen MR) is 135 cm³/mol. The van der Waals surface area contributed by atoms with Crippen molar-refractivity contribution in [3.63, 3.8) is 0 Å². The number of fused-ring (bicyclic) bond motifs is 1. The van der Waals surface area contributed by atoms with Crippen LogP contribution in [0.1, 0.15) is 57.7 Å². The first kappa shape index (κ1) is 24.7. The molecule has 0 spiro atoms. The van der Waals surface area contributed by atoms with Gasteiger partial charge >= 0.3 is 0 Å². The van der Waals surface area contributed by atoms with E-state index in [2.05, 4.69) is 50.7 Å². The number of nitrogens with zero attached hydrogens (tertiary/aromatic N) is 5. The summed E-state index contributed by atoms with van der Waals surface area (Å²) in [5.41, 5.74) is 1.77. The van der Waals surface area contributed by atoms with E-state index in [-0.39, 0.29) is 29.3 Å². The molecule has 11 nitrogen and oxygen atoms in total. The second-order valence-corrected chi connectivity index (χ2v) is 11.1. The number of rotatable bonds is 11. The van der Waals surface area contributed by atoms with E-state index in [0.29, 0.717) is 41.7 Å². The summed E-state index contributed by atoms with van der Waals surface area (Å²) in [6.45, 7) is 6.25. The number of hydrogen-bond donors (Lipinski definition) is 4. The molecular weight excluding hydrogens is 468 g/mol. The lowest BCUT2D eigenvalue weighted by atomic mass is 10.0. The third-order valence-electron chi connectivity index (χ3n) is 5.71. The van der Waals surface area contributed by atoms with Crippen LogP contribution in [-0.2, 0) is 16.6 Å². The van der Waals surface area contributed by atoms with E-state index in [4.69, 9.17) is 5.41 Å². The molecule has 0 saturated heterocycles. The maximum atomic E-state index is 12.1. The molecule has 0 aromatic carbocycles. The summed E-state index contributed by atoms with van der Waals surface area (Å²) >= 11 is 0. The van der Waals surface area contributed by atoms with E-state index in [1.165, 1.54) is 12.4 Å². The van der Waals surface area contributed by atoms with Gasteiger partial charge in [-0.3, -0.25) is 4.72 Å². The normalized spacial score (nSPS) is 15.4. The molecule has 35 heavy (non-hydrogen) atoms. The smallest absolute Gasteiger partial charge is 0.235 e. The summed E-state index contributed by atoms with van der Waals surface area (Å²) in [6, 6.07) is 3.66. The minimum absolute atomic E-state index is 0.141. The maximum absolute atomic E-state index is 12.1. The Balaban J connectivity index is 1.60. The fourth-order valence-corrected chi connectivity index (χ4v) is 5.24. The lowest BCUT2D eigenvalue weighted by Crippen LogP contribution is -2.22. The van der Waals surface area contributed by atoms with Gasteiger partial charge in [-0.05, 0) is 38.2 Å². The monoisotopic (exact) mass is 498 g/mol. The van der Waals surface area contributed by atoms with E-state index in [9.17, 15) is 13.5 Å². The number of sulfonamides is 1. The van der Waals surface area contributed by atoms with Gasteiger partial charge in [0.15, 0.2) is 5.82 Å². The summed E-state index contributed by atoms with van der Waals surface area (Å²) in [5, 5.41) is 20.3. The van der Waals surface area contributed by atoms with Gasteiger partial charge in [-0.25, -0.2) is 28.4 Å². The number of aliphatic hydroxyl groups excluding tert-OH is 1. The second-order valence-electron chi connectivity index (χ2n) is 9.09. The van der Waals surface area contributed by atoms with Crippen LogP contribution in [0.15, 0.2) is 30.7 Å². The standard InChI is InChI=1S/C23H30N8O3S/c1-14(2)8-15(3)31-19-9-21(26-12-18(19)28-22(31)13-32)29-20-6-7-25-23(30-20)16(10-24)11-27-35(33,34)17-4-5-17/h6-7,9-12,14-15,17,24,27,32H,4-5,8,13H2,1-3H3,(H,25,26,29,30)/b16-11+,24-10?. The van der Waals surface area contributed by atoms with Gasteiger partial charge in [0, 0.05) is 30.7 Å². The third kappa shape index (κ3) is 5.65. The molecular formula is C23H30N8O3S. The van der Waals surface area contributed by atoms with Crippen LogP contribution in [-0.4, -0.2) is 49.5 Å². The van der Waals surface area contributed by atoms with E-state index in [1.807, 2.05) is 10.6 Å². The number of allylic oxidation sites excluding steroid dienone is 1. The Kier molecular flexibility index (Phi) is 7.13. The van der Waals surface area contributed by atoms with Crippen molar-refractivity contribution in [3.05, 3.63) is 42.4 Å². The van der Waals surface area contributed by atoms with Crippen molar-refractivity contribution in [3.8, 4) is 0 Å². The quantitative estimate of drug-likeness (QED) is 0.293. The molecule has 186 valence electrons. The first-order valence-electron chi connectivity index (χ1n) is 11.5. The lowest BCUT2D eigenvalue weighted by Gasteiger charge is -2.19. The molecule has 3 heterocycles. The highest BCUT2D eigenvalue weighted by Crippen LogP contribution is 2.28. The molecule has 12 heteroatoms. The van der Waals surface area contributed by atoms with Gasteiger partial charge in [-0.2, -0.15) is 0 Å². The average Bonchev–Trinajstić information content (AvgIpc) is 3.61. The first-order valence-corrected chi connectivity index (χ1v) is 13.1. The molecule has 1 aliphatic rings. The Morgan fingerprint density at radius 3 is 2.69 bits per heavy atom. The maximum Gasteiger partial charge on any atom is 0.235 e. The molecule has 0 amide bonds. The number of aromatic nitrogens is 5. The van der Waals surface area contributed by atoms with Crippen LogP contribution in [0.4, 0.5) is 11.6 Å². The van der Waals surface area contributed by atoms with E-state index < -0.39 is 10.0 Å². The molecule has 1 fully saturated rings. The Morgan fingerprint density at radius 1 is 1.26 bits per heavy atom. The lowest BCUT2D eigenvalue weighted by molar-refractivity contribution is 0.259. The third-order valence-corrected chi connectivity index (χ3v) is 7.51. The second kappa shape index (κ2) is 10.1. The molecule has 0 aliphatic heterocycles. The van der Waals surface area contributed by atoms with E-state index in [0.717, 1.165) is 18.2 Å². The van der Waals surface area contributed by atoms with Crippen LogP contribution in [0.5, 0.6) is 0 Å². The van der Waals surface area contributed by atoms with Crippen LogP contribution < -0.4 is 10.0 Å². The molecule has 1 saturated carbocycles. The van der Waals surface area contributed by atoms with Crippen molar-refractivity contribution < 1.29 is 13.5 Å². The average molecular weight is 499 g/mol. The number of pyridine rings is 1. The number of anilines is 2. The van der Waals surface area contributed by atoms with Crippen molar-refractivity contribution >= 4 is 44.5 Å². The molecule has 0 radical (unpaired) electrons. The zero-order valence-electron chi connectivity index (χ0n) is 19.9. The predicted octanol–water partition coefficient (Wildman–Crippen LogP) is 3.14. The van der Waals surface area contributed by atoms with Crippen molar-refractivity contribution in [1.29, 1.82) is 5.41 Å². The highest BCUT2D eigenvalue weighted by Gasteiger charge is 2.35. The summed E-state index contributed by atoms with van der Waals surface area (Å²) < 4.78 is 28.7. The van der Waals surface area contributed by atoms with Crippen molar-refractivity contribution in [2.45, 2.75) is 57.9 Å². The Bertz CT molecular complexity index is 1360. The minimum Gasteiger partial charge on any atom is -0.388 e.